The van der Waals surface area contributed by atoms with Crippen molar-refractivity contribution in [2.45, 2.75) is 18.9 Å². The van der Waals surface area contributed by atoms with E-state index in [2.05, 4.69) is 17.5 Å². The van der Waals surface area contributed by atoms with Crippen molar-refractivity contribution in [1.82, 2.24) is 0 Å². The second-order valence-electron chi connectivity index (χ2n) is 4.88. The number of anilines is 1. The molecule has 0 bridgehead atoms. The predicted octanol–water partition coefficient (Wildman–Crippen LogP) is 3.30. The fraction of sp³-hybridized carbons (Fsp3) is 0.312. The van der Waals surface area contributed by atoms with Gasteiger partial charge in [-0.15, -0.1) is 0 Å². The lowest BCUT2D eigenvalue weighted by Crippen LogP contribution is -2.30. The Morgan fingerprint density at radius 3 is 2.74 bits per heavy atom. The Kier molecular flexibility index (Phi) is 3.35. The highest BCUT2D eigenvalue weighted by Gasteiger charge is 2.15. The summed E-state index contributed by atoms with van der Waals surface area (Å²) < 4.78 is 5.50. The summed E-state index contributed by atoms with van der Waals surface area (Å²) in [7, 11) is 0. The molecule has 96 valence electrons. The molecule has 1 aliphatic heterocycles. The Morgan fingerprint density at radius 1 is 1.16 bits per heavy atom. The molecule has 1 heterocycles. The molecule has 1 saturated heterocycles. The number of nitrogens with zero attached hydrogens (tertiary/aromatic N) is 1. The molecule has 2 aromatic carbocycles. The van der Waals surface area contributed by atoms with Gasteiger partial charge in [-0.3, -0.25) is 0 Å². The quantitative estimate of drug-likeness (QED) is 0.892. The molecule has 1 atom stereocenters. The molecule has 1 fully saturated rings. The maximum Gasteiger partial charge on any atom is 0.0998 e. The molecule has 0 aliphatic carbocycles. The Labute approximate surface area is 112 Å². The summed E-state index contributed by atoms with van der Waals surface area (Å²) in [5.41, 5.74) is 1.81. The molecule has 0 radical (unpaired) electrons. The van der Waals surface area contributed by atoms with Crippen LogP contribution >= 0.6 is 0 Å². The molecule has 0 aromatic heterocycles. The molecule has 19 heavy (non-hydrogen) atoms. The predicted molar refractivity (Wildman–Crippen MR) is 76.1 cm³/mol. The SMILES string of the molecule is N#Cc1ccc(NC2CCCOC2)c2ccccc12. The standard InChI is InChI=1S/C16H16N2O/c17-10-12-7-8-16(15-6-2-1-5-14(12)15)18-13-4-3-9-19-11-13/h1-2,5-8,13,18H,3-4,9,11H2. The molecule has 1 unspecified atom stereocenters. The normalized spacial score (nSPS) is 19.0. The number of nitriles is 1. The van der Waals surface area contributed by atoms with E-state index < -0.39 is 0 Å². The molecule has 1 N–H and O–H groups in total. The van der Waals surface area contributed by atoms with Gasteiger partial charge < -0.3 is 10.1 Å². The Morgan fingerprint density at radius 2 is 2.00 bits per heavy atom. The topological polar surface area (TPSA) is 45.0 Å². The monoisotopic (exact) mass is 252 g/mol. The van der Waals surface area contributed by atoms with Crippen LogP contribution in [0.15, 0.2) is 36.4 Å². The largest absolute Gasteiger partial charge is 0.379 e. The van der Waals surface area contributed by atoms with Crippen molar-refractivity contribution in [3.63, 3.8) is 0 Å². The van der Waals surface area contributed by atoms with E-state index in [0.29, 0.717) is 6.04 Å². The van der Waals surface area contributed by atoms with Gasteiger partial charge in [-0.1, -0.05) is 24.3 Å². The van der Waals surface area contributed by atoms with Gasteiger partial charge in [0.2, 0.25) is 0 Å². The van der Waals surface area contributed by atoms with E-state index in [1.807, 2.05) is 30.3 Å². The highest BCUT2D eigenvalue weighted by molar-refractivity contribution is 5.97. The first-order valence-corrected chi connectivity index (χ1v) is 6.64. The van der Waals surface area contributed by atoms with E-state index in [1.54, 1.807) is 0 Å². The molecule has 0 saturated carbocycles. The average molecular weight is 252 g/mol. The van der Waals surface area contributed by atoms with E-state index in [4.69, 9.17) is 10.00 Å². The molecule has 3 heteroatoms. The summed E-state index contributed by atoms with van der Waals surface area (Å²) in [5.74, 6) is 0. The Hall–Kier alpha value is -2.05. The molecule has 0 spiro atoms. The van der Waals surface area contributed by atoms with Crippen LogP contribution in [-0.2, 0) is 4.74 Å². The van der Waals surface area contributed by atoms with E-state index in [0.717, 1.165) is 48.1 Å². The summed E-state index contributed by atoms with van der Waals surface area (Å²) in [6.07, 6.45) is 2.24. The lowest BCUT2D eigenvalue weighted by molar-refractivity contribution is 0.0876. The van der Waals surface area contributed by atoms with Gasteiger partial charge in [0, 0.05) is 29.1 Å². The Balaban J connectivity index is 1.97. The smallest absolute Gasteiger partial charge is 0.0998 e. The molecule has 3 rings (SSSR count). The molecule has 0 amide bonds. The number of ether oxygens (including phenoxy) is 1. The van der Waals surface area contributed by atoms with Gasteiger partial charge in [0.1, 0.15) is 0 Å². The first-order chi connectivity index (χ1) is 9.38. The number of hydrogen-bond donors (Lipinski definition) is 1. The highest BCUT2D eigenvalue weighted by Crippen LogP contribution is 2.27. The van der Waals surface area contributed by atoms with Crippen molar-refractivity contribution >= 4 is 16.5 Å². The zero-order valence-electron chi connectivity index (χ0n) is 10.7. The number of rotatable bonds is 2. The second-order valence-corrected chi connectivity index (χ2v) is 4.88. The number of hydrogen-bond acceptors (Lipinski definition) is 3. The van der Waals surface area contributed by atoms with Crippen LogP contribution in [0.3, 0.4) is 0 Å². The van der Waals surface area contributed by atoms with Crippen molar-refractivity contribution < 1.29 is 4.74 Å². The fourth-order valence-electron chi connectivity index (χ4n) is 2.60. The van der Waals surface area contributed by atoms with E-state index in [-0.39, 0.29) is 0 Å². The van der Waals surface area contributed by atoms with Crippen molar-refractivity contribution in [1.29, 1.82) is 5.26 Å². The summed E-state index contributed by atoms with van der Waals surface area (Å²) in [6, 6.07) is 14.5. The minimum Gasteiger partial charge on any atom is -0.379 e. The van der Waals surface area contributed by atoms with Gasteiger partial charge in [0.25, 0.3) is 0 Å². The maximum atomic E-state index is 9.16. The van der Waals surface area contributed by atoms with Gasteiger partial charge in [-0.05, 0) is 25.0 Å². The lowest BCUT2D eigenvalue weighted by Gasteiger charge is -2.25. The van der Waals surface area contributed by atoms with Crippen LogP contribution in [0.5, 0.6) is 0 Å². The summed E-state index contributed by atoms with van der Waals surface area (Å²) in [5, 5.41) is 14.8. The molecule has 1 aliphatic rings. The highest BCUT2D eigenvalue weighted by atomic mass is 16.5. The average Bonchev–Trinajstić information content (AvgIpc) is 2.49. The van der Waals surface area contributed by atoms with Gasteiger partial charge in [0.15, 0.2) is 0 Å². The lowest BCUT2D eigenvalue weighted by atomic mass is 10.0. The second kappa shape index (κ2) is 5.29. The van der Waals surface area contributed by atoms with Crippen LogP contribution in [0, 0.1) is 11.3 Å². The summed E-state index contributed by atoms with van der Waals surface area (Å²) in [6.45, 7) is 1.63. The number of fused-ring (bicyclic) bond motifs is 1. The zero-order valence-corrected chi connectivity index (χ0v) is 10.7. The molecular formula is C16H16N2O. The van der Waals surface area contributed by atoms with Crippen molar-refractivity contribution in [2.75, 3.05) is 18.5 Å². The van der Waals surface area contributed by atoms with Crippen molar-refractivity contribution in [2.24, 2.45) is 0 Å². The maximum absolute atomic E-state index is 9.16. The van der Waals surface area contributed by atoms with Gasteiger partial charge in [-0.2, -0.15) is 5.26 Å². The molecule has 2 aromatic rings. The van der Waals surface area contributed by atoms with E-state index in [1.165, 1.54) is 0 Å². The first-order valence-electron chi connectivity index (χ1n) is 6.64. The molecular weight excluding hydrogens is 236 g/mol. The van der Waals surface area contributed by atoms with Gasteiger partial charge in [-0.25, -0.2) is 0 Å². The van der Waals surface area contributed by atoms with Crippen LogP contribution in [0.1, 0.15) is 18.4 Å². The number of nitrogens with one attached hydrogen (secondary N) is 1. The van der Waals surface area contributed by atoms with Crippen molar-refractivity contribution in [3.8, 4) is 6.07 Å². The molecule has 3 nitrogen and oxygen atoms in total. The van der Waals surface area contributed by atoms with Crippen LogP contribution in [0.25, 0.3) is 10.8 Å². The number of benzene rings is 2. The third-order valence-corrected chi connectivity index (χ3v) is 3.56. The summed E-state index contributed by atoms with van der Waals surface area (Å²) in [4.78, 5) is 0. The minimum atomic E-state index is 0.366. The Bertz CT molecular complexity index is 624. The van der Waals surface area contributed by atoms with Crippen LogP contribution in [-0.4, -0.2) is 19.3 Å². The third-order valence-electron chi connectivity index (χ3n) is 3.56. The van der Waals surface area contributed by atoms with Crippen LogP contribution in [0.2, 0.25) is 0 Å². The van der Waals surface area contributed by atoms with Gasteiger partial charge >= 0.3 is 0 Å². The summed E-state index contributed by atoms with van der Waals surface area (Å²) >= 11 is 0. The van der Waals surface area contributed by atoms with E-state index in [9.17, 15) is 0 Å². The van der Waals surface area contributed by atoms with Crippen molar-refractivity contribution in [3.05, 3.63) is 42.0 Å². The third kappa shape index (κ3) is 2.40. The van der Waals surface area contributed by atoms with Crippen LogP contribution < -0.4 is 5.32 Å². The minimum absolute atomic E-state index is 0.366. The first kappa shape index (κ1) is 12.0. The van der Waals surface area contributed by atoms with Gasteiger partial charge in [0.05, 0.1) is 18.2 Å². The van der Waals surface area contributed by atoms with E-state index >= 15 is 0 Å². The fourth-order valence-corrected chi connectivity index (χ4v) is 2.60. The van der Waals surface area contributed by atoms with Crippen LogP contribution in [0.4, 0.5) is 5.69 Å². The zero-order chi connectivity index (χ0) is 13.1.